The summed E-state index contributed by atoms with van der Waals surface area (Å²) in [5, 5.41) is 17.5. The van der Waals surface area contributed by atoms with E-state index in [4.69, 9.17) is 0 Å². The minimum Gasteiger partial charge on any atom is -0.349 e. The van der Waals surface area contributed by atoms with Crippen LogP contribution < -0.4 is 16.0 Å². The maximum absolute atomic E-state index is 12.7. The molecule has 1 fully saturated rings. The Labute approximate surface area is 185 Å². The molecular weight excluding hydrogens is 418 g/mol. The summed E-state index contributed by atoms with van der Waals surface area (Å²) in [6.45, 7) is 0.866. The molecule has 3 rings (SSSR count). The molecule has 0 unspecified atom stereocenters. The predicted molar refractivity (Wildman–Crippen MR) is 122 cm³/mol. The van der Waals surface area contributed by atoms with Crippen molar-refractivity contribution in [2.75, 3.05) is 18.1 Å². The lowest BCUT2D eigenvalue weighted by molar-refractivity contribution is -0.124. The van der Waals surface area contributed by atoms with Crippen LogP contribution >= 0.6 is 23.1 Å². The number of nitrogens with zero attached hydrogens (tertiary/aromatic N) is 2. The van der Waals surface area contributed by atoms with Gasteiger partial charge in [0.25, 0.3) is 0 Å². The highest BCUT2D eigenvalue weighted by Crippen LogP contribution is 2.23. The topological polar surface area (TPSA) is 96.0 Å². The van der Waals surface area contributed by atoms with Crippen LogP contribution in [0.2, 0.25) is 0 Å². The van der Waals surface area contributed by atoms with Gasteiger partial charge in [-0.3, -0.25) is 14.9 Å². The molecule has 1 aliphatic heterocycles. The number of piperidine rings is 1. The lowest BCUT2D eigenvalue weighted by Crippen LogP contribution is -2.49. The molecule has 160 valence electrons. The quantitative estimate of drug-likeness (QED) is 0.312. The fourth-order valence-corrected chi connectivity index (χ4v) is 4.41. The molecule has 2 atom stereocenters. The standard InChI is InChI=1S/C21H27N5O2S2/c1-29-21-26-25-20(30-21)24-18(27)13-12-16(11-10-15-7-3-2-4-8-15)23-19(28)17-9-5-6-14-22-17/h2-4,7-8,12-13,16-17,22H,5-6,9-11,14H2,1H3,(H,23,28)(H,24,25,27)/t16-,17-/m0/s1. The number of hydrogen-bond donors (Lipinski definition) is 3. The second kappa shape index (κ2) is 11.8. The summed E-state index contributed by atoms with van der Waals surface area (Å²) >= 11 is 2.81. The van der Waals surface area contributed by atoms with E-state index in [9.17, 15) is 9.59 Å². The van der Waals surface area contributed by atoms with Crippen LogP contribution in [0.4, 0.5) is 5.13 Å². The van der Waals surface area contributed by atoms with Crippen LogP contribution in [0, 0.1) is 0 Å². The van der Waals surface area contributed by atoms with E-state index in [1.807, 2.05) is 24.5 Å². The Morgan fingerprint density at radius 3 is 2.83 bits per heavy atom. The van der Waals surface area contributed by atoms with Gasteiger partial charge in [-0.2, -0.15) is 0 Å². The molecule has 0 spiro atoms. The Balaban J connectivity index is 1.60. The summed E-state index contributed by atoms with van der Waals surface area (Å²) in [7, 11) is 0. The number of benzene rings is 1. The van der Waals surface area contributed by atoms with Gasteiger partial charge < -0.3 is 10.6 Å². The molecule has 1 aromatic heterocycles. The summed E-state index contributed by atoms with van der Waals surface area (Å²) in [4.78, 5) is 24.9. The molecule has 3 N–H and O–H groups in total. The SMILES string of the molecule is CSc1nnc(NC(=O)C=C[C@H](CCc2ccccc2)NC(=O)[C@@H]2CCCCN2)s1. The number of nitrogens with one attached hydrogen (secondary N) is 3. The van der Waals surface area contributed by atoms with E-state index in [0.29, 0.717) is 11.6 Å². The van der Waals surface area contributed by atoms with Gasteiger partial charge in [0.2, 0.25) is 16.9 Å². The first-order chi connectivity index (χ1) is 14.6. The van der Waals surface area contributed by atoms with Crippen molar-refractivity contribution in [3.63, 3.8) is 0 Å². The molecule has 1 saturated heterocycles. The summed E-state index contributed by atoms with van der Waals surface area (Å²) in [6, 6.07) is 9.73. The van der Waals surface area contributed by atoms with E-state index >= 15 is 0 Å². The van der Waals surface area contributed by atoms with Crippen molar-refractivity contribution < 1.29 is 9.59 Å². The van der Waals surface area contributed by atoms with Crippen LogP contribution in [-0.4, -0.2) is 46.9 Å². The molecule has 2 amide bonds. The molecule has 1 aromatic carbocycles. The Morgan fingerprint density at radius 1 is 1.30 bits per heavy atom. The second-order valence-corrected chi connectivity index (χ2v) is 9.10. The Bertz CT molecular complexity index is 850. The van der Waals surface area contributed by atoms with Crippen LogP contribution in [0.15, 0.2) is 46.8 Å². The van der Waals surface area contributed by atoms with E-state index in [0.717, 1.165) is 36.6 Å². The van der Waals surface area contributed by atoms with E-state index in [1.165, 1.54) is 34.7 Å². The molecule has 0 saturated carbocycles. The van der Waals surface area contributed by atoms with Gasteiger partial charge in [-0.05, 0) is 44.0 Å². The highest BCUT2D eigenvalue weighted by atomic mass is 32.2. The minimum absolute atomic E-state index is 0.00782. The summed E-state index contributed by atoms with van der Waals surface area (Å²) < 4.78 is 0.794. The zero-order valence-corrected chi connectivity index (χ0v) is 18.6. The number of thioether (sulfide) groups is 1. The Hall–Kier alpha value is -2.23. The Morgan fingerprint density at radius 2 is 2.13 bits per heavy atom. The summed E-state index contributed by atoms with van der Waals surface area (Å²) in [6.07, 6.45) is 9.65. The highest BCUT2D eigenvalue weighted by molar-refractivity contribution is 8.00. The number of anilines is 1. The fourth-order valence-electron chi connectivity index (χ4n) is 3.24. The van der Waals surface area contributed by atoms with E-state index < -0.39 is 0 Å². The maximum atomic E-state index is 12.7. The number of carbonyl (C=O) groups excluding carboxylic acids is 2. The predicted octanol–water partition coefficient (Wildman–Crippen LogP) is 3.01. The van der Waals surface area contributed by atoms with Gasteiger partial charge >= 0.3 is 0 Å². The van der Waals surface area contributed by atoms with Gasteiger partial charge in [-0.15, -0.1) is 10.2 Å². The first-order valence-electron chi connectivity index (χ1n) is 10.1. The van der Waals surface area contributed by atoms with Crippen LogP contribution in [0.1, 0.15) is 31.2 Å². The molecule has 0 radical (unpaired) electrons. The summed E-state index contributed by atoms with van der Waals surface area (Å²) in [5.74, 6) is -0.292. The number of aromatic nitrogens is 2. The third kappa shape index (κ3) is 7.23. The van der Waals surface area contributed by atoms with E-state index in [-0.39, 0.29) is 23.9 Å². The van der Waals surface area contributed by atoms with Crippen LogP contribution in [-0.2, 0) is 16.0 Å². The van der Waals surface area contributed by atoms with Crippen LogP contribution in [0.3, 0.4) is 0 Å². The van der Waals surface area contributed by atoms with Gasteiger partial charge in [-0.25, -0.2) is 0 Å². The van der Waals surface area contributed by atoms with Crippen LogP contribution in [0.5, 0.6) is 0 Å². The van der Waals surface area contributed by atoms with Gasteiger partial charge in [0.15, 0.2) is 4.34 Å². The zero-order chi connectivity index (χ0) is 21.2. The van der Waals surface area contributed by atoms with Gasteiger partial charge in [0, 0.05) is 12.1 Å². The molecule has 7 nitrogen and oxygen atoms in total. The third-order valence-electron chi connectivity index (χ3n) is 4.83. The molecule has 1 aliphatic rings. The lowest BCUT2D eigenvalue weighted by Gasteiger charge is -2.25. The number of rotatable bonds is 9. The molecule has 2 aromatic rings. The molecular formula is C21H27N5O2S2. The molecule has 30 heavy (non-hydrogen) atoms. The molecule has 9 heteroatoms. The van der Waals surface area contributed by atoms with Crippen molar-refractivity contribution >= 4 is 40.0 Å². The van der Waals surface area contributed by atoms with Crippen molar-refractivity contribution in [3.05, 3.63) is 48.0 Å². The highest BCUT2D eigenvalue weighted by Gasteiger charge is 2.22. The van der Waals surface area contributed by atoms with Crippen molar-refractivity contribution in [2.45, 2.75) is 48.5 Å². The largest absolute Gasteiger partial charge is 0.349 e. The van der Waals surface area contributed by atoms with Gasteiger partial charge in [-0.1, -0.05) is 65.9 Å². The molecule has 0 aliphatic carbocycles. The lowest BCUT2D eigenvalue weighted by atomic mass is 10.0. The van der Waals surface area contributed by atoms with Gasteiger partial charge in [0.1, 0.15) is 0 Å². The zero-order valence-electron chi connectivity index (χ0n) is 17.0. The van der Waals surface area contributed by atoms with Crippen LogP contribution in [0.25, 0.3) is 0 Å². The van der Waals surface area contributed by atoms with Gasteiger partial charge in [0.05, 0.1) is 6.04 Å². The average molecular weight is 446 g/mol. The first-order valence-corrected chi connectivity index (χ1v) is 12.1. The fraction of sp³-hybridized carbons (Fsp3) is 0.429. The van der Waals surface area contributed by atoms with E-state index in [2.05, 4.69) is 38.3 Å². The minimum atomic E-state index is -0.284. The number of hydrogen-bond acceptors (Lipinski definition) is 7. The first kappa shape index (κ1) is 22.5. The monoisotopic (exact) mass is 445 g/mol. The van der Waals surface area contributed by atoms with Crippen molar-refractivity contribution in [1.82, 2.24) is 20.8 Å². The summed E-state index contributed by atoms with van der Waals surface area (Å²) in [5.41, 5.74) is 1.20. The maximum Gasteiger partial charge on any atom is 0.249 e. The number of amides is 2. The average Bonchev–Trinajstić information content (AvgIpc) is 3.24. The third-order valence-corrected chi connectivity index (χ3v) is 6.65. The molecule has 0 bridgehead atoms. The molecule has 2 heterocycles. The van der Waals surface area contributed by atoms with Crippen molar-refractivity contribution in [2.24, 2.45) is 0 Å². The smallest absolute Gasteiger partial charge is 0.249 e. The Kier molecular flexibility index (Phi) is 8.85. The van der Waals surface area contributed by atoms with E-state index in [1.54, 1.807) is 6.08 Å². The van der Waals surface area contributed by atoms with Crippen molar-refractivity contribution in [1.29, 1.82) is 0 Å². The number of aryl methyl sites for hydroxylation is 1. The number of carbonyl (C=O) groups is 2. The second-order valence-electron chi connectivity index (χ2n) is 7.07. The normalized spacial score (nSPS) is 17.6. The van der Waals surface area contributed by atoms with Crippen molar-refractivity contribution in [3.8, 4) is 0 Å².